The summed E-state index contributed by atoms with van der Waals surface area (Å²) in [7, 11) is 0. The number of nitro benzene ring substituents is 1. The molecule has 0 saturated carbocycles. The summed E-state index contributed by atoms with van der Waals surface area (Å²) in [5.41, 5.74) is 1.61. The largest absolute Gasteiger partial charge is 0.378 e. The van der Waals surface area contributed by atoms with Crippen molar-refractivity contribution in [3.05, 3.63) is 68.2 Å². The number of hydrogen-bond donors (Lipinski definition) is 1. The van der Waals surface area contributed by atoms with Crippen molar-refractivity contribution in [2.24, 2.45) is 0 Å². The average molecular weight is 346 g/mol. The van der Waals surface area contributed by atoms with E-state index < -0.39 is 4.92 Å². The Morgan fingerprint density at radius 3 is 2.71 bits per heavy atom. The molecule has 1 unspecified atom stereocenters. The van der Waals surface area contributed by atoms with Crippen LogP contribution in [-0.2, 0) is 0 Å². The Kier molecular flexibility index (Phi) is 4.55. The van der Waals surface area contributed by atoms with Crippen LogP contribution in [-0.4, -0.2) is 4.92 Å². The molecule has 0 radical (unpaired) electrons. The zero-order chi connectivity index (χ0) is 15.4. The van der Waals surface area contributed by atoms with Crippen molar-refractivity contribution < 1.29 is 4.92 Å². The summed E-state index contributed by atoms with van der Waals surface area (Å²) in [5.74, 6) is 0. The van der Waals surface area contributed by atoms with Crippen molar-refractivity contribution in [3.63, 3.8) is 0 Å². The summed E-state index contributed by atoms with van der Waals surface area (Å²) < 4.78 is 0.982. The van der Waals surface area contributed by atoms with Crippen LogP contribution < -0.4 is 5.32 Å². The van der Waals surface area contributed by atoms with Gasteiger partial charge in [0.2, 0.25) is 0 Å². The summed E-state index contributed by atoms with van der Waals surface area (Å²) in [4.78, 5) is 10.2. The molecule has 2 rings (SSSR count). The van der Waals surface area contributed by atoms with Crippen molar-refractivity contribution in [1.29, 1.82) is 5.26 Å². The number of nitriles is 1. The molecule has 0 bridgehead atoms. The van der Waals surface area contributed by atoms with E-state index in [4.69, 9.17) is 5.26 Å². The van der Waals surface area contributed by atoms with Gasteiger partial charge in [0.25, 0.3) is 5.69 Å². The summed E-state index contributed by atoms with van der Waals surface area (Å²) in [6, 6.07) is 14.2. The van der Waals surface area contributed by atoms with Gasteiger partial charge in [0.15, 0.2) is 0 Å². The van der Waals surface area contributed by atoms with Gasteiger partial charge in [-0.2, -0.15) is 5.26 Å². The number of nitrogens with zero attached hydrogens (tertiary/aromatic N) is 2. The number of rotatable bonds is 4. The first kappa shape index (κ1) is 15.0. The van der Waals surface area contributed by atoms with Crippen LogP contribution in [0.2, 0.25) is 0 Å². The van der Waals surface area contributed by atoms with Crippen LogP contribution in [0, 0.1) is 21.4 Å². The second-order valence-corrected chi connectivity index (χ2v) is 5.44. The van der Waals surface area contributed by atoms with Gasteiger partial charge in [0.05, 0.1) is 4.92 Å². The minimum absolute atomic E-state index is 0.00972. The number of anilines is 1. The molecule has 1 atom stereocenters. The quantitative estimate of drug-likeness (QED) is 0.657. The molecule has 1 N–H and O–H groups in total. The van der Waals surface area contributed by atoms with E-state index in [0.717, 1.165) is 10.0 Å². The van der Waals surface area contributed by atoms with Crippen LogP contribution in [0.1, 0.15) is 24.1 Å². The SMILES string of the molecule is CC(Nc1ccc([N+](=O)[O-])c(C#N)c1)c1cccc(Br)c1. The standard InChI is InChI=1S/C15H12BrN3O2/c1-10(11-3-2-4-13(16)7-11)18-14-5-6-15(19(20)21)12(8-14)9-17/h2-8,10,18H,1H3. The molecule has 5 nitrogen and oxygen atoms in total. The van der Waals surface area contributed by atoms with Gasteiger partial charge in [-0.25, -0.2) is 0 Å². The fourth-order valence-corrected chi connectivity index (χ4v) is 2.40. The molecule has 0 fully saturated rings. The highest BCUT2D eigenvalue weighted by atomic mass is 79.9. The normalized spacial score (nSPS) is 11.5. The minimum Gasteiger partial charge on any atom is -0.378 e. The fourth-order valence-electron chi connectivity index (χ4n) is 1.98. The summed E-state index contributed by atoms with van der Waals surface area (Å²) in [5, 5.41) is 23.0. The highest BCUT2D eigenvalue weighted by Gasteiger charge is 2.14. The van der Waals surface area contributed by atoms with Gasteiger partial charge in [-0.3, -0.25) is 10.1 Å². The number of nitro groups is 1. The van der Waals surface area contributed by atoms with Crippen molar-refractivity contribution in [2.45, 2.75) is 13.0 Å². The lowest BCUT2D eigenvalue weighted by molar-refractivity contribution is -0.385. The van der Waals surface area contributed by atoms with E-state index in [0.29, 0.717) is 5.69 Å². The first-order valence-corrected chi connectivity index (χ1v) is 7.01. The maximum atomic E-state index is 10.8. The van der Waals surface area contributed by atoms with Gasteiger partial charge in [-0.05, 0) is 36.8 Å². The molecule has 6 heteroatoms. The topological polar surface area (TPSA) is 79.0 Å². The van der Waals surface area contributed by atoms with Gasteiger partial charge in [0.1, 0.15) is 11.6 Å². The van der Waals surface area contributed by atoms with Gasteiger partial charge in [-0.1, -0.05) is 28.1 Å². The number of benzene rings is 2. The lowest BCUT2D eigenvalue weighted by Crippen LogP contribution is -2.07. The average Bonchev–Trinajstić information content (AvgIpc) is 2.46. The van der Waals surface area contributed by atoms with Crippen molar-refractivity contribution >= 4 is 27.3 Å². The Bertz CT molecular complexity index is 725. The molecule has 2 aromatic rings. The van der Waals surface area contributed by atoms with Gasteiger partial charge in [-0.15, -0.1) is 0 Å². The van der Waals surface area contributed by atoms with E-state index in [1.165, 1.54) is 12.1 Å². The number of nitrogens with one attached hydrogen (secondary N) is 1. The third kappa shape index (κ3) is 3.58. The molecule has 0 aromatic heterocycles. The summed E-state index contributed by atoms with van der Waals surface area (Å²) >= 11 is 3.42. The second-order valence-electron chi connectivity index (χ2n) is 4.52. The monoisotopic (exact) mass is 345 g/mol. The molecular weight excluding hydrogens is 334 g/mol. The van der Waals surface area contributed by atoms with Crippen LogP contribution in [0.15, 0.2) is 46.9 Å². The molecule has 0 heterocycles. The molecule has 0 amide bonds. The zero-order valence-electron chi connectivity index (χ0n) is 11.2. The second kappa shape index (κ2) is 6.37. The van der Waals surface area contributed by atoms with Gasteiger partial charge >= 0.3 is 0 Å². The van der Waals surface area contributed by atoms with Gasteiger partial charge in [0, 0.05) is 22.3 Å². The maximum Gasteiger partial charge on any atom is 0.287 e. The Hall–Kier alpha value is -2.39. The smallest absolute Gasteiger partial charge is 0.287 e. The molecule has 0 aliphatic carbocycles. The lowest BCUT2D eigenvalue weighted by Gasteiger charge is -2.16. The Morgan fingerprint density at radius 2 is 2.10 bits per heavy atom. The van der Waals surface area contributed by atoms with E-state index in [1.807, 2.05) is 37.3 Å². The molecular formula is C15H12BrN3O2. The maximum absolute atomic E-state index is 10.8. The van der Waals surface area contributed by atoms with E-state index in [2.05, 4.69) is 21.2 Å². The number of hydrogen-bond acceptors (Lipinski definition) is 4. The van der Waals surface area contributed by atoms with E-state index in [9.17, 15) is 10.1 Å². The van der Waals surface area contributed by atoms with Crippen LogP contribution in [0.5, 0.6) is 0 Å². The Balaban J connectivity index is 2.24. The minimum atomic E-state index is -0.555. The van der Waals surface area contributed by atoms with E-state index in [1.54, 1.807) is 6.07 Å². The summed E-state index contributed by atoms with van der Waals surface area (Å²) in [6.45, 7) is 1.98. The highest BCUT2D eigenvalue weighted by Crippen LogP contribution is 2.26. The van der Waals surface area contributed by atoms with Crippen molar-refractivity contribution in [3.8, 4) is 6.07 Å². The molecule has 0 aliphatic rings. The van der Waals surface area contributed by atoms with Crippen LogP contribution in [0.25, 0.3) is 0 Å². The molecule has 0 aliphatic heterocycles. The molecule has 0 saturated heterocycles. The molecule has 0 spiro atoms. The zero-order valence-corrected chi connectivity index (χ0v) is 12.8. The van der Waals surface area contributed by atoms with Crippen molar-refractivity contribution in [1.82, 2.24) is 0 Å². The first-order chi connectivity index (χ1) is 10.0. The van der Waals surface area contributed by atoms with E-state index >= 15 is 0 Å². The third-order valence-electron chi connectivity index (χ3n) is 3.05. The van der Waals surface area contributed by atoms with Gasteiger partial charge < -0.3 is 5.32 Å². The third-order valence-corrected chi connectivity index (χ3v) is 3.54. The number of halogens is 1. The lowest BCUT2D eigenvalue weighted by atomic mass is 10.1. The summed E-state index contributed by atoms with van der Waals surface area (Å²) in [6.07, 6.45) is 0. The van der Waals surface area contributed by atoms with Crippen molar-refractivity contribution in [2.75, 3.05) is 5.32 Å². The van der Waals surface area contributed by atoms with E-state index in [-0.39, 0.29) is 17.3 Å². The predicted octanol–water partition coefficient (Wildman–Crippen LogP) is 4.40. The van der Waals surface area contributed by atoms with Crippen LogP contribution in [0.4, 0.5) is 11.4 Å². The molecule has 2 aromatic carbocycles. The Labute approximate surface area is 130 Å². The fraction of sp³-hybridized carbons (Fsp3) is 0.133. The Morgan fingerprint density at radius 1 is 1.33 bits per heavy atom. The molecule has 21 heavy (non-hydrogen) atoms. The highest BCUT2D eigenvalue weighted by molar-refractivity contribution is 9.10. The molecule has 106 valence electrons. The van der Waals surface area contributed by atoms with Crippen LogP contribution >= 0.6 is 15.9 Å². The van der Waals surface area contributed by atoms with Crippen LogP contribution in [0.3, 0.4) is 0 Å². The predicted molar refractivity (Wildman–Crippen MR) is 84.0 cm³/mol. The first-order valence-electron chi connectivity index (χ1n) is 6.22.